The third-order valence-electron chi connectivity index (χ3n) is 2.51. The molecule has 0 saturated heterocycles. The van der Waals surface area contributed by atoms with E-state index in [0.717, 1.165) is 0 Å². The quantitative estimate of drug-likeness (QED) is 0.857. The van der Waals surface area contributed by atoms with E-state index in [1.54, 1.807) is 7.05 Å². The van der Waals surface area contributed by atoms with Crippen molar-refractivity contribution in [3.8, 4) is 23.1 Å². The molecule has 0 aliphatic heterocycles. The van der Waals surface area contributed by atoms with E-state index < -0.39 is 0 Å². The van der Waals surface area contributed by atoms with Crippen molar-refractivity contribution in [1.29, 1.82) is 5.26 Å². The molecule has 0 unspecified atom stereocenters. The number of methoxy groups -OCH3 is 1. The van der Waals surface area contributed by atoms with E-state index >= 15 is 0 Å². The Morgan fingerprint density at radius 1 is 1.50 bits per heavy atom. The third-order valence-corrected chi connectivity index (χ3v) is 3.26. The van der Waals surface area contributed by atoms with Crippen LogP contribution in [0.15, 0.2) is 22.7 Å². The van der Waals surface area contributed by atoms with Gasteiger partial charge >= 0.3 is 0 Å². The zero-order valence-electron chi connectivity index (χ0n) is 9.74. The van der Waals surface area contributed by atoms with Crippen LogP contribution < -0.4 is 4.74 Å². The smallest absolute Gasteiger partial charge is 0.177 e. The monoisotopic (exact) mass is 309 g/mol. The van der Waals surface area contributed by atoms with Crippen LogP contribution in [0.2, 0.25) is 0 Å². The largest absolute Gasteiger partial charge is 0.496 e. The number of benzene rings is 1. The van der Waals surface area contributed by atoms with Gasteiger partial charge in [-0.25, -0.2) is 4.39 Å². The third kappa shape index (κ3) is 1.97. The molecule has 92 valence electrons. The van der Waals surface area contributed by atoms with Crippen LogP contribution in [0.1, 0.15) is 5.69 Å². The fraction of sp³-hybridized carbons (Fsp3) is 0.167. The van der Waals surface area contributed by atoms with E-state index in [2.05, 4.69) is 21.0 Å². The molecule has 4 nitrogen and oxygen atoms in total. The number of aromatic nitrogens is 2. The zero-order chi connectivity index (χ0) is 13.3. The molecule has 0 N–H and O–H groups in total. The molecule has 0 radical (unpaired) electrons. The number of hydrogen-bond donors (Lipinski definition) is 0. The normalized spacial score (nSPS) is 10.2. The second-order valence-electron chi connectivity index (χ2n) is 3.59. The minimum Gasteiger partial charge on any atom is -0.496 e. The molecular weight excluding hydrogens is 301 g/mol. The Kier molecular flexibility index (Phi) is 3.34. The molecule has 0 spiro atoms. The van der Waals surface area contributed by atoms with Crippen molar-refractivity contribution in [2.75, 3.05) is 7.11 Å². The van der Waals surface area contributed by atoms with Gasteiger partial charge in [0.1, 0.15) is 17.6 Å². The van der Waals surface area contributed by atoms with Crippen molar-refractivity contribution < 1.29 is 9.13 Å². The summed E-state index contributed by atoms with van der Waals surface area (Å²) in [6.45, 7) is 0. The van der Waals surface area contributed by atoms with Crippen molar-refractivity contribution in [3.05, 3.63) is 34.2 Å². The van der Waals surface area contributed by atoms with Gasteiger partial charge in [-0.05, 0) is 34.1 Å². The summed E-state index contributed by atoms with van der Waals surface area (Å²) in [6, 6.07) is 6.17. The van der Waals surface area contributed by atoms with Gasteiger partial charge in [0, 0.05) is 12.6 Å². The van der Waals surface area contributed by atoms with Crippen LogP contribution in [0, 0.1) is 17.1 Å². The average molecular weight is 310 g/mol. The Balaban J connectivity index is 2.73. The van der Waals surface area contributed by atoms with Gasteiger partial charge < -0.3 is 4.74 Å². The maximum atomic E-state index is 13.4. The predicted octanol–water partition coefficient (Wildman–Crippen LogP) is 2.87. The van der Waals surface area contributed by atoms with Crippen LogP contribution in [0.4, 0.5) is 4.39 Å². The van der Waals surface area contributed by atoms with E-state index in [1.165, 1.54) is 30.0 Å². The number of nitriles is 1. The maximum absolute atomic E-state index is 13.4. The maximum Gasteiger partial charge on any atom is 0.177 e. The summed E-state index contributed by atoms with van der Waals surface area (Å²) >= 11 is 3.30. The SMILES string of the molecule is COc1ccc(F)cc1-c1c(Br)c(C#N)nn1C. The molecule has 2 aromatic rings. The number of hydrogen-bond acceptors (Lipinski definition) is 3. The van der Waals surface area contributed by atoms with Gasteiger partial charge in [0.25, 0.3) is 0 Å². The lowest BCUT2D eigenvalue weighted by atomic mass is 10.1. The highest BCUT2D eigenvalue weighted by atomic mass is 79.9. The van der Waals surface area contributed by atoms with Crippen molar-refractivity contribution in [2.45, 2.75) is 0 Å². The first kappa shape index (κ1) is 12.6. The average Bonchev–Trinajstić information content (AvgIpc) is 2.64. The fourth-order valence-electron chi connectivity index (χ4n) is 1.73. The lowest BCUT2D eigenvalue weighted by Crippen LogP contribution is -1.97. The molecule has 1 aromatic heterocycles. The Morgan fingerprint density at radius 3 is 2.78 bits per heavy atom. The van der Waals surface area contributed by atoms with Crippen molar-refractivity contribution in [2.24, 2.45) is 7.05 Å². The van der Waals surface area contributed by atoms with Crippen molar-refractivity contribution in [1.82, 2.24) is 9.78 Å². The van der Waals surface area contributed by atoms with Crippen LogP contribution >= 0.6 is 15.9 Å². The molecule has 0 saturated carbocycles. The fourth-order valence-corrected chi connectivity index (χ4v) is 2.37. The van der Waals surface area contributed by atoms with Crippen LogP contribution in [0.3, 0.4) is 0 Å². The summed E-state index contributed by atoms with van der Waals surface area (Å²) in [5, 5.41) is 13.0. The minimum absolute atomic E-state index is 0.249. The van der Waals surface area contributed by atoms with E-state index in [9.17, 15) is 4.39 Å². The van der Waals surface area contributed by atoms with Crippen molar-refractivity contribution >= 4 is 15.9 Å². The van der Waals surface area contributed by atoms with Crippen LogP contribution in [0.25, 0.3) is 11.3 Å². The lowest BCUT2D eigenvalue weighted by molar-refractivity contribution is 0.415. The molecule has 0 aliphatic rings. The van der Waals surface area contributed by atoms with Crippen LogP contribution in [0.5, 0.6) is 5.75 Å². The number of aryl methyl sites for hydroxylation is 1. The van der Waals surface area contributed by atoms with E-state index in [1.807, 2.05) is 6.07 Å². The van der Waals surface area contributed by atoms with Gasteiger partial charge in [-0.15, -0.1) is 0 Å². The highest BCUT2D eigenvalue weighted by Gasteiger charge is 2.19. The van der Waals surface area contributed by atoms with Gasteiger partial charge in [-0.1, -0.05) is 0 Å². The standard InChI is InChI=1S/C12H9BrFN3O/c1-17-12(11(13)9(6-15)16-17)8-5-7(14)3-4-10(8)18-2/h3-5H,1-2H3. The molecule has 1 heterocycles. The van der Waals surface area contributed by atoms with Crippen LogP contribution in [-0.4, -0.2) is 16.9 Å². The molecule has 18 heavy (non-hydrogen) atoms. The Labute approximate surface area is 112 Å². The van der Waals surface area contributed by atoms with E-state index in [0.29, 0.717) is 21.5 Å². The minimum atomic E-state index is -0.377. The molecule has 1 aromatic carbocycles. The number of ether oxygens (including phenoxy) is 1. The topological polar surface area (TPSA) is 50.8 Å². The summed E-state index contributed by atoms with van der Waals surface area (Å²) in [6.07, 6.45) is 0. The van der Waals surface area contributed by atoms with Gasteiger partial charge in [-0.3, -0.25) is 4.68 Å². The highest BCUT2D eigenvalue weighted by molar-refractivity contribution is 9.10. The summed E-state index contributed by atoms with van der Waals surface area (Å²) < 4.78 is 20.6. The molecular formula is C12H9BrFN3O. The number of halogens is 2. The molecule has 0 fully saturated rings. The first-order valence-corrected chi connectivity index (χ1v) is 5.84. The van der Waals surface area contributed by atoms with E-state index in [4.69, 9.17) is 10.00 Å². The highest BCUT2D eigenvalue weighted by Crippen LogP contribution is 2.36. The first-order chi connectivity index (χ1) is 8.58. The Morgan fingerprint density at radius 2 is 2.22 bits per heavy atom. The second-order valence-corrected chi connectivity index (χ2v) is 4.38. The number of nitrogens with zero attached hydrogens (tertiary/aromatic N) is 3. The first-order valence-electron chi connectivity index (χ1n) is 5.05. The zero-order valence-corrected chi connectivity index (χ0v) is 11.3. The molecule has 6 heteroatoms. The molecule has 2 rings (SSSR count). The van der Waals surface area contributed by atoms with Gasteiger partial charge in [-0.2, -0.15) is 10.4 Å². The molecule has 0 bridgehead atoms. The predicted molar refractivity (Wildman–Crippen MR) is 67.6 cm³/mol. The van der Waals surface area contributed by atoms with Gasteiger partial charge in [0.2, 0.25) is 0 Å². The molecule has 0 amide bonds. The number of rotatable bonds is 2. The molecule has 0 atom stereocenters. The summed E-state index contributed by atoms with van der Waals surface area (Å²) in [4.78, 5) is 0. The summed E-state index contributed by atoms with van der Waals surface area (Å²) in [7, 11) is 3.19. The summed E-state index contributed by atoms with van der Waals surface area (Å²) in [5.74, 6) is 0.141. The van der Waals surface area contributed by atoms with E-state index in [-0.39, 0.29) is 11.5 Å². The lowest BCUT2D eigenvalue weighted by Gasteiger charge is -2.09. The Hall–Kier alpha value is -1.87. The van der Waals surface area contributed by atoms with Gasteiger partial charge in [0.05, 0.1) is 17.3 Å². The summed E-state index contributed by atoms with van der Waals surface area (Å²) in [5.41, 5.74) is 1.39. The van der Waals surface area contributed by atoms with Crippen LogP contribution in [-0.2, 0) is 7.05 Å². The molecule has 0 aliphatic carbocycles. The Bertz CT molecular complexity index is 646. The second kappa shape index (κ2) is 4.78. The van der Waals surface area contributed by atoms with Gasteiger partial charge in [0.15, 0.2) is 5.69 Å². The van der Waals surface area contributed by atoms with Crippen molar-refractivity contribution in [3.63, 3.8) is 0 Å².